The Balaban J connectivity index is 0.987. The van der Waals surface area contributed by atoms with E-state index in [1.54, 1.807) is 0 Å². The zero-order valence-corrected chi connectivity index (χ0v) is 33.6. The van der Waals surface area contributed by atoms with Crippen molar-refractivity contribution in [2.45, 2.75) is 0 Å². The van der Waals surface area contributed by atoms with Crippen LogP contribution in [0.2, 0.25) is 0 Å². The third-order valence-electron chi connectivity index (χ3n) is 12.0. The zero-order chi connectivity index (χ0) is 41.0. The molecule has 5 nitrogen and oxygen atoms in total. The number of hydrogen-bond acceptors (Lipinski definition) is 3. The highest BCUT2D eigenvalue weighted by Crippen LogP contribution is 2.39. The fraction of sp³-hybridized carbons (Fsp3) is 0. The van der Waals surface area contributed by atoms with Crippen molar-refractivity contribution in [3.05, 3.63) is 224 Å². The zero-order valence-electron chi connectivity index (χ0n) is 33.6. The Morgan fingerprint density at radius 2 is 0.629 bits per heavy atom. The van der Waals surface area contributed by atoms with Gasteiger partial charge in [0, 0.05) is 49.6 Å². The van der Waals surface area contributed by atoms with E-state index in [0.717, 1.165) is 44.7 Å². The summed E-state index contributed by atoms with van der Waals surface area (Å²) in [5.74, 6) is 1.91. The van der Waals surface area contributed by atoms with Gasteiger partial charge < -0.3 is 9.13 Å². The van der Waals surface area contributed by atoms with Crippen LogP contribution in [0.25, 0.3) is 111 Å². The van der Waals surface area contributed by atoms with Gasteiger partial charge in [0.25, 0.3) is 0 Å². The molecule has 0 N–H and O–H groups in total. The number of benzene rings is 9. The minimum Gasteiger partial charge on any atom is -0.309 e. The topological polar surface area (TPSA) is 48.5 Å². The smallest absolute Gasteiger partial charge is 0.164 e. The Kier molecular flexibility index (Phi) is 8.42. The number of nitrogens with zero attached hydrogens (tertiary/aromatic N) is 5. The van der Waals surface area contributed by atoms with Crippen molar-refractivity contribution in [3.8, 4) is 67.8 Å². The Morgan fingerprint density at radius 1 is 0.226 bits per heavy atom. The molecular weight excluding hydrogens is 755 g/mol. The SMILES string of the molecule is c1ccc(-c2cccc(-n3c4ccccc4c4ccc(-c5ccc6c(c5)c5ccccc5n6-c5cccc(-c6nc(-c7ccccc7)nc(-c7ccccc7)n6)c5)cc43)c2)cc1. The summed E-state index contributed by atoms with van der Waals surface area (Å²) in [6, 6.07) is 79.5. The normalized spacial score (nSPS) is 11.5. The van der Waals surface area contributed by atoms with E-state index in [9.17, 15) is 0 Å². The standard InChI is InChI=1S/C57H37N5/c1-4-16-38(17-5-1)41-22-14-24-45(34-41)62-51-28-12-10-26-47(51)49-32-30-43(37-54(49)62)42-31-33-53-50(36-42)48-27-11-13-29-52(48)61(53)46-25-15-23-44(35-46)57-59-55(39-18-6-2-7-19-39)58-56(60-57)40-20-8-3-9-21-40/h1-37H. The van der Waals surface area contributed by atoms with E-state index in [1.165, 1.54) is 49.3 Å². The van der Waals surface area contributed by atoms with Gasteiger partial charge in [-0.05, 0) is 76.9 Å². The van der Waals surface area contributed by atoms with Crippen molar-refractivity contribution in [3.63, 3.8) is 0 Å². The minimum atomic E-state index is 0.627. The van der Waals surface area contributed by atoms with Gasteiger partial charge in [-0.2, -0.15) is 0 Å². The molecule has 0 amide bonds. The first-order valence-electron chi connectivity index (χ1n) is 20.9. The molecule has 0 bridgehead atoms. The average molecular weight is 792 g/mol. The maximum atomic E-state index is 5.04. The summed E-state index contributed by atoms with van der Waals surface area (Å²) in [7, 11) is 0. The molecule has 9 aromatic carbocycles. The van der Waals surface area contributed by atoms with Crippen molar-refractivity contribution in [1.82, 2.24) is 24.1 Å². The molecule has 0 atom stereocenters. The fourth-order valence-corrected chi connectivity index (χ4v) is 9.04. The van der Waals surface area contributed by atoms with Crippen molar-refractivity contribution < 1.29 is 0 Å². The summed E-state index contributed by atoms with van der Waals surface area (Å²) in [5, 5.41) is 4.86. The second-order valence-corrected chi connectivity index (χ2v) is 15.7. The van der Waals surface area contributed by atoms with E-state index in [2.05, 4.69) is 173 Å². The maximum absolute atomic E-state index is 5.04. The molecule has 0 saturated heterocycles. The van der Waals surface area contributed by atoms with Gasteiger partial charge in [0.05, 0.1) is 22.1 Å². The molecule has 12 rings (SSSR count). The highest BCUT2D eigenvalue weighted by molar-refractivity contribution is 6.12. The predicted octanol–water partition coefficient (Wildman–Crippen LogP) is 14.4. The van der Waals surface area contributed by atoms with Crippen LogP contribution in [0.1, 0.15) is 0 Å². The summed E-state index contributed by atoms with van der Waals surface area (Å²) in [5.41, 5.74) is 14.3. The third-order valence-corrected chi connectivity index (χ3v) is 12.0. The quantitative estimate of drug-likeness (QED) is 0.162. The molecular formula is C57H37N5. The van der Waals surface area contributed by atoms with Crippen LogP contribution in [-0.2, 0) is 0 Å². The molecule has 5 heteroatoms. The van der Waals surface area contributed by atoms with Crippen molar-refractivity contribution in [2.75, 3.05) is 0 Å². The molecule has 12 aromatic rings. The summed E-state index contributed by atoms with van der Waals surface area (Å²) in [4.78, 5) is 15.0. The van der Waals surface area contributed by atoms with E-state index >= 15 is 0 Å². The van der Waals surface area contributed by atoms with Crippen molar-refractivity contribution >= 4 is 43.6 Å². The molecule has 0 spiro atoms. The summed E-state index contributed by atoms with van der Waals surface area (Å²) in [6.07, 6.45) is 0. The average Bonchev–Trinajstić information content (AvgIpc) is 3.87. The number of rotatable bonds is 7. The maximum Gasteiger partial charge on any atom is 0.164 e. The second-order valence-electron chi connectivity index (χ2n) is 15.7. The first-order chi connectivity index (χ1) is 30.7. The highest BCUT2D eigenvalue weighted by atomic mass is 15.0. The molecule has 3 heterocycles. The van der Waals surface area contributed by atoms with Gasteiger partial charge in [-0.3, -0.25) is 0 Å². The molecule has 0 fully saturated rings. The van der Waals surface area contributed by atoms with Crippen LogP contribution in [-0.4, -0.2) is 24.1 Å². The molecule has 3 aromatic heterocycles. The summed E-state index contributed by atoms with van der Waals surface area (Å²) >= 11 is 0. The Morgan fingerprint density at radius 3 is 1.26 bits per heavy atom. The molecule has 0 radical (unpaired) electrons. The van der Waals surface area contributed by atoms with Crippen LogP contribution in [0, 0.1) is 0 Å². The lowest BCUT2D eigenvalue weighted by Gasteiger charge is -2.12. The molecule has 290 valence electrons. The lowest BCUT2D eigenvalue weighted by molar-refractivity contribution is 1.07. The number of para-hydroxylation sites is 2. The van der Waals surface area contributed by atoms with Gasteiger partial charge in [0.1, 0.15) is 0 Å². The Bertz CT molecular complexity index is 3570. The number of aromatic nitrogens is 5. The fourth-order valence-electron chi connectivity index (χ4n) is 9.04. The third kappa shape index (κ3) is 6.06. The Hall–Kier alpha value is -8.41. The van der Waals surface area contributed by atoms with Gasteiger partial charge in [-0.25, -0.2) is 15.0 Å². The van der Waals surface area contributed by atoms with Crippen LogP contribution >= 0.6 is 0 Å². The van der Waals surface area contributed by atoms with Gasteiger partial charge in [0.15, 0.2) is 17.5 Å². The molecule has 0 aliphatic heterocycles. The number of fused-ring (bicyclic) bond motifs is 6. The summed E-state index contributed by atoms with van der Waals surface area (Å²) < 4.78 is 4.77. The molecule has 0 unspecified atom stereocenters. The second kappa shape index (κ2) is 14.7. The van der Waals surface area contributed by atoms with E-state index in [0.29, 0.717) is 17.5 Å². The monoisotopic (exact) mass is 791 g/mol. The van der Waals surface area contributed by atoms with Gasteiger partial charge in [0.2, 0.25) is 0 Å². The van der Waals surface area contributed by atoms with Crippen molar-refractivity contribution in [1.29, 1.82) is 0 Å². The number of hydrogen-bond donors (Lipinski definition) is 0. The first-order valence-corrected chi connectivity index (χ1v) is 20.9. The minimum absolute atomic E-state index is 0.627. The molecule has 62 heavy (non-hydrogen) atoms. The molecule has 0 aliphatic carbocycles. The van der Waals surface area contributed by atoms with Crippen LogP contribution in [0.4, 0.5) is 0 Å². The summed E-state index contributed by atoms with van der Waals surface area (Å²) in [6.45, 7) is 0. The van der Waals surface area contributed by atoms with E-state index in [1.807, 2.05) is 60.7 Å². The van der Waals surface area contributed by atoms with Gasteiger partial charge >= 0.3 is 0 Å². The lowest BCUT2D eigenvalue weighted by Crippen LogP contribution is -2.01. The van der Waals surface area contributed by atoms with Crippen LogP contribution in [0.3, 0.4) is 0 Å². The molecule has 0 saturated carbocycles. The highest BCUT2D eigenvalue weighted by Gasteiger charge is 2.18. The van der Waals surface area contributed by atoms with Gasteiger partial charge in [-0.15, -0.1) is 0 Å². The first kappa shape index (κ1) is 35.5. The predicted molar refractivity (Wildman–Crippen MR) is 256 cm³/mol. The molecule has 0 aliphatic rings. The Labute approximate surface area is 358 Å². The van der Waals surface area contributed by atoms with Gasteiger partial charge in [-0.1, -0.05) is 170 Å². The van der Waals surface area contributed by atoms with Crippen molar-refractivity contribution in [2.24, 2.45) is 0 Å². The lowest BCUT2D eigenvalue weighted by atomic mass is 10.0. The van der Waals surface area contributed by atoms with E-state index in [-0.39, 0.29) is 0 Å². The van der Waals surface area contributed by atoms with Crippen LogP contribution in [0.15, 0.2) is 224 Å². The largest absolute Gasteiger partial charge is 0.309 e. The van der Waals surface area contributed by atoms with E-state index in [4.69, 9.17) is 15.0 Å². The van der Waals surface area contributed by atoms with E-state index < -0.39 is 0 Å². The van der Waals surface area contributed by atoms with Crippen LogP contribution in [0.5, 0.6) is 0 Å². The van der Waals surface area contributed by atoms with Crippen LogP contribution < -0.4 is 0 Å².